The zero-order valence-corrected chi connectivity index (χ0v) is 18.5. The van der Waals surface area contributed by atoms with Gasteiger partial charge in [-0.15, -0.1) is 0 Å². The van der Waals surface area contributed by atoms with Crippen LogP contribution in [0.25, 0.3) is 0 Å². The number of carbonyl (C=O) groups excluding carboxylic acids is 2. The molecule has 0 spiro atoms. The van der Waals surface area contributed by atoms with Crippen molar-refractivity contribution in [3.63, 3.8) is 0 Å². The molecule has 0 N–H and O–H groups in total. The second kappa shape index (κ2) is 7.77. The van der Waals surface area contributed by atoms with E-state index in [0.717, 1.165) is 5.56 Å². The van der Waals surface area contributed by atoms with Gasteiger partial charge in [-0.05, 0) is 41.7 Å². The maximum atomic E-state index is 13.3. The quantitative estimate of drug-likeness (QED) is 0.413. The van der Waals surface area contributed by atoms with Gasteiger partial charge in [0.1, 0.15) is 5.02 Å². The summed E-state index contributed by atoms with van der Waals surface area (Å²) < 4.78 is 0. The Labute approximate surface area is 189 Å². The van der Waals surface area contributed by atoms with Crippen molar-refractivity contribution >= 4 is 46.3 Å². The van der Waals surface area contributed by atoms with Gasteiger partial charge in [-0.2, -0.15) is 0 Å². The average Bonchev–Trinajstić information content (AvgIpc) is 2.67. The number of nitrogens with zero attached hydrogens (tertiary/aromatic N) is 2. The fourth-order valence-electron chi connectivity index (χ4n) is 4.50. The lowest BCUT2D eigenvalue weighted by Crippen LogP contribution is -2.43. The van der Waals surface area contributed by atoms with Gasteiger partial charge in [-0.3, -0.25) is 24.6 Å². The molecule has 6 nitrogen and oxygen atoms in total. The van der Waals surface area contributed by atoms with Crippen LogP contribution in [-0.2, 0) is 9.59 Å². The van der Waals surface area contributed by atoms with Crippen LogP contribution < -0.4 is 4.90 Å². The zero-order chi connectivity index (χ0) is 22.5. The largest absolute Gasteiger partial charge is 0.294 e. The number of hydrogen-bond acceptors (Lipinski definition) is 4. The molecule has 1 atom stereocenters. The third kappa shape index (κ3) is 3.98. The smallest absolute Gasteiger partial charge is 0.289 e. The highest BCUT2D eigenvalue weighted by molar-refractivity contribution is 6.32. The molecule has 0 saturated carbocycles. The lowest BCUT2D eigenvalue weighted by Gasteiger charge is -2.43. The van der Waals surface area contributed by atoms with Crippen molar-refractivity contribution in [3.05, 3.63) is 79.5 Å². The summed E-state index contributed by atoms with van der Waals surface area (Å²) >= 11 is 12.1. The number of nitro benzene ring substituents is 1. The molecule has 0 saturated heterocycles. The summed E-state index contributed by atoms with van der Waals surface area (Å²) in [5, 5.41) is 11.9. The van der Waals surface area contributed by atoms with E-state index in [1.54, 1.807) is 24.3 Å². The van der Waals surface area contributed by atoms with E-state index in [4.69, 9.17) is 23.2 Å². The number of anilines is 1. The first-order valence-corrected chi connectivity index (χ1v) is 10.6. The maximum Gasteiger partial charge on any atom is 0.289 e. The molecule has 4 rings (SSSR count). The van der Waals surface area contributed by atoms with E-state index in [1.165, 1.54) is 17.0 Å². The number of ketones is 1. The fourth-order valence-corrected chi connectivity index (χ4v) is 4.89. The molecular formula is C23H20Cl2N2O4. The Kier molecular flexibility index (Phi) is 5.40. The Morgan fingerprint density at radius 3 is 2.52 bits per heavy atom. The van der Waals surface area contributed by atoms with Gasteiger partial charge in [0, 0.05) is 41.1 Å². The van der Waals surface area contributed by atoms with Gasteiger partial charge < -0.3 is 0 Å². The molecule has 2 aliphatic rings. The van der Waals surface area contributed by atoms with Crippen LogP contribution in [0.4, 0.5) is 11.4 Å². The highest BCUT2D eigenvalue weighted by Gasteiger charge is 2.44. The standard InChI is InChI=1S/C23H20Cl2N2O4/c1-23(2)11-19-22(20(28)12-23)16(13-4-3-5-14(24)8-13)10-21(29)26(19)15-6-7-17(25)18(9-15)27(30)31/h3-9,16H,10-12H2,1-2H3. The van der Waals surface area contributed by atoms with Crippen LogP contribution in [0.15, 0.2) is 53.7 Å². The highest BCUT2D eigenvalue weighted by atomic mass is 35.5. The second-order valence-corrected chi connectivity index (χ2v) is 9.58. The molecule has 2 aromatic carbocycles. The van der Waals surface area contributed by atoms with Crippen LogP contribution in [0.1, 0.15) is 44.6 Å². The zero-order valence-electron chi connectivity index (χ0n) is 17.0. The molecule has 0 bridgehead atoms. The Balaban J connectivity index is 1.92. The van der Waals surface area contributed by atoms with Gasteiger partial charge in [0.2, 0.25) is 5.91 Å². The molecule has 160 valence electrons. The Hall–Kier alpha value is -2.70. The van der Waals surface area contributed by atoms with Gasteiger partial charge in [0.15, 0.2) is 5.78 Å². The first-order chi connectivity index (χ1) is 14.6. The average molecular weight is 459 g/mol. The molecule has 1 unspecified atom stereocenters. The van der Waals surface area contributed by atoms with Crippen LogP contribution in [0.3, 0.4) is 0 Å². The predicted octanol–water partition coefficient (Wildman–Crippen LogP) is 6.07. The Morgan fingerprint density at radius 2 is 1.84 bits per heavy atom. The molecule has 0 aromatic heterocycles. The molecular weight excluding hydrogens is 439 g/mol. The monoisotopic (exact) mass is 458 g/mol. The van der Waals surface area contributed by atoms with Crippen molar-refractivity contribution in [1.29, 1.82) is 0 Å². The third-order valence-electron chi connectivity index (χ3n) is 5.78. The summed E-state index contributed by atoms with van der Waals surface area (Å²) in [5.41, 5.74) is 1.69. The first kappa shape index (κ1) is 21.5. The van der Waals surface area contributed by atoms with Crippen LogP contribution in [0.5, 0.6) is 0 Å². The first-order valence-electron chi connectivity index (χ1n) is 9.86. The minimum atomic E-state index is -0.583. The topological polar surface area (TPSA) is 80.5 Å². The maximum absolute atomic E-state index is 13.3. The highest BCUT2D eigenvalue weighted by Crippen LogP contribution is 2.48. The lowest BCUT2D eigenvalue weighted by molar-refractivity contribution is -0.384. The summed E-state index contributed by atoms with van der Waals surface area (Å²) in [4.78, 5) is 38.9. The van der Waals surface area contributed by atoms with E-state index in [9.17, 15) is 19.7 Å². The van der Waals surface area contributed by atoms with E-state index in [-0.39, 0.29) is 34.2 Å². The summed E-state index contributed by atoms with van der Waals surface area (Å²) in [6.45, 7) is 3.95. The van der Waals surface area contributed by atoms with Gasteiger partial charge in [-0.25, -0.2) is 0 Å². The molecule has 1 aliphatic heterocycles. The van der Waals surface area contributed by atoms with Gasteiger partial charge in [-0.1, -0.05) is 49.2 Å². The van der Waals surface area contributed by atoms with Crippen molar-refractivity contribution in [1.82, 2.24) is 0 Å². The predicted molar refractivity (Wildman–Crippen MR) is 119 cm³/mol. The summed E-state index contributed by atoms with van der Waals surface area (Å²) in [6.07, 6.45) is 0.931. The minimum Gasteiger partial charge on any atom is -0.294 e. The van der Waals surface area contributed by atoms with Gasteiger partial charge in [0.25, 0.3) is 5.69 Å². The van der Waals surface area contributed by atoms with Crippen molar-refractivity contribution in [3.8, 4) is 0 Å². The SMILES string of the molecule is CC1(C)CC(=O)C2=C(C1)N(c1ccc(Cl)c([N+](=O)[O-])c1)C(=O)CC2c1cccc(Cl)c1. The van der Waals surface area contributed by atoms with Crippen molar-refractivity contribution in [2.75, 3.05) is 4.90 Å². The Bertz CT molecular complexity index is 1160. The number of amides is 1. The molecule has 0 fully saturated rings. The molecule has 2 aromatic rings. The molecule has 1 amide bonds. The number of rotatable bonds is 3. The normalized spacial score (nSPS) is 20.6. The van der Waals surface area contributed by atoms with E-state index in [0.29, 0.717) is 34.8 Å². The Morgan fingerprint density at radius 1 is 1.10 bits per heavy atom. The number of halogens is 2. The number of benzene rings is 2. The number of Topliss-reactive ketones (excluding diaryl/α,β-unsaturated/α-hetero) is 1. The van der Waals surface area contributed by atoms with Crippen LogP contribution in [0, 0.1) is 15.5 Å². The number of allylic oxidation sites excluding steroid dienone is 2. The van der Waals surface area contributed by atoms with E-state index in [1.807, 2.05) is 19.9 Å². The molecule has 31 heavy (non-hydrogen) atoms. The summed E-state index contributed by atoms with van der Waals surface area (Å²) in [6, 6.07) is 11.5. The molecule has 1 heterocycles. The summed E-state index contributed by atoms with van der Waals surface area (Å²) in [7, 11) is 0. The van der Waals surface area contributed by atoms with Gasteiger partial charge >= 0.3 is 0 Å². The van der Waals surface area contributed by atoms with Crippen LogP contribution in [-0.4, -0.2) is 16.6 Å². The van der Waals surface area contributed by atoms with E-state index in [2.05, 4.69) is 0 Å². The number of nitro groups is 1. The fraction of sp³-hybridized carbons (Fsp3) is 0.304. The lowest BCUT2D eigenvalue weighted by atomic mass is 9.69. The minimum absolute atomic E-state index is 0.00994. The summed E-state index contributed by atoms with van der Waals surface area (Å²) in [5.74, 6) is -0.647. The van der Waals surface area contributed by atoms with Crippen molar-refractivity contribution in [2.24, 2.45) is 5.41 Å². The van der Waals surface area contributed by atoms with Crippen molar-refractivity contribution in [2.45, 2.75) is 39.0 Å². The molecule has 8 heteroatoms. The number of carbonyl (C=O) groups is 2. The van der Waals surface area contributed by atoms with Crippen LogP contribution in [0.2, 0.25) is 10.0 Å². The van der Waals surface area contributed by atoms with Crippen LogP contribution >= 0.6 is 23.2 Å². The van der Waals surface area contributed by atoms with E-state index >= 15 is 0 Å². The van der Waals surface area contributed by atoms with Gasteiger partial charge in [0.05, 0.1) is 10.6 Å². The second-order valence-electron chi connectivity index (χ2n) is 8.74. The molecule has 1 aliphatic carbocycles. The van der Waals surface area contributed by atoms with Crippen molar-refractivity contribution < 1.29 is 14.5 Å². The number of hydrogen-bond donors (Lipinski definition) is 0. The van der Waals surface area contributed by atoms with E-state index < -0.39 is 10.8 Å². The third-order valence-corrected chi connectivity index (χ3v) is 6.33. The molecule has 0 radical (unpaired) electrons.